The quantitative estimate of drug-likeness (QED) is 0.748. The molecule has 0 spiro atoms. The first-order valence-corrected chi connectivity index (χ1v) is 6.92. The van der Waals surface area contributed by atoms with E-state index in [9.17, 15) is 18.7 Å². The van der Waals surface area contributed by atoms with Crippen LogP contribution in [0.3, 0.4) is 0 Å². The Morgan fingerprint density at radius 1 is 1.29 bits per heavy atom. The average Bonchev–Trinajstić information content (AvgIpc) is 2.68. The molecule has 7 nitrogen and oxygen atoms in total. The largest absolute Gasteiger partial charge is 0.507 e. The number of hydrogen-bond acceptors (Lipinski definition) is 4. The van der Waals surface area contributed by atoms with E-state index in [1.165, 1.54) is 6.07 Å². The second-order valence-corrected chi connectivity index (χ2v) is 5.16. The highest BCUT2D eigenvalue weighted by Crippen LogP contribution is 2.34. The molecule has 0 saturated carbocycles. The van der Waals surface area contributed by atoms with E-state index in [4.69, 9.17) is 9.52 Å². The molecular formula is C13H13NO6S. The molecule has 0 aliphatic carbocycles. The molecule has 2 aromatic rings. The Bertz CT molecular complexity index is 723. The minimum absolute atomic E-state index is 0.169. The van der Waals surface area contributed by atoms with Crippen molar-refractivity contribution < 1.29 is 28.2 Å². The molecule has 0 aliphatic heterocycles. The number of carboxylic acid groups (broad SMARTS) is 1. The van der Waals surface area contributed by atoms with Crippen LogP contribution >= 0.6 is 0 Å². The Morgan fingerprint density at radius 3 is 2.38 bits per heavy atom. The molecule has 0 aliphatic rings. The number of nitrogens with zero attached hydrogens (tertiary/aromatic N) is 1. The lowest BCUT2D eigenvalue weighted by Gasteiger charge is -2.19. The highest BCUT2D eigenvalue weighted by Gasteiger charge is 2.22. The van der Waals surface area contributed by atoms with Crippen LogP contribution in [0.5, 0.6) is 5.75 Å². The lowest BCUT2D eigenvalue weighted by atomic mass is 10.2. The third kappa shape index (κ3) is 2.91. The molecule has 8 heteroatoms. The number of aromatic hydroxyl groups is 1. The van der Waals surface area contributed by atoms with E-state index in [-0.39, 0.29) is 11.3 Å². The molecular weight excluding hydrogens is 298 g/mol. The van der Waals surface area contributed by atoms with Gasteiger partial charge in [-0.15, -0.1) is 0 Å². The summed E-state index contributed by atoms with van der Waals surface area (Å²) in [7, 11) is 0. The van der Waals surface area contributed by atoms with Crippen LogP contribution in [0.25, 0.3) is 0 Å². The van der Waals surface area contributed by atoms with Gasteiger partial charge in [0.1, 0.15) is 22.8 Å². The third-order valence-electron chi connectivity index (χ3n) is 2.84. The van der Waals surface area contributed by atoms with Gasteiger partial charge in [0.15, 0.2) is 0 Å². The van der Waals surface area contributed by atoms with Gasteiger partial charge in [0.25, 0.3) is 11.3 Å². The number of rotatable bonds is 4. The Kier molecular flexibility index (Phi) is 4.01. The van der Waals surface area contributed by atoms with Gasteiger partial charge in [-0.05, 0) is 26.0 Å². The molecule has 1 aromatic heterocycles. The molecule has 2 rings (SSSR count). The predicted molar refractivity (Wildman–Crippen MR) is 76.2 cm³/mol. The molecule has 1 heterocycles. The van der Waals surface area contributed by atoms with Gasteiger partial charge in [0.2, 0.25) is 0 Å². The van der Waals surface area contributed by atoms with E-state index in [1.54, 1.807) is 19.9 Å². The number of phenols is 1. The summed E-state index contributed by atoms with van der Waals surface area (Å²) in [6.45, 7) is 3.33. The number of furan rings is 1. The SMILES string of the molecule is Cc1cc(N(c2ccc(C(=O)O)c(O)c2)S(=O)O)c(C)o1. The van der Waals surface area contributed by atoms with Crippen molar-refractivity contribution >= 4 is 28.6 Å². The summed E-state index contributed by atoms with van der Waals surface area (Å²) in [5.74, 6) is -0.791. The average molecular weight is 311 g/mol. The van der Waals surface area contributed by atoms with Gasteiger partial charge < -0.3 is 14.6 Å². The van der Waals surface area contributed by atoms with Crippen molar-refractivity contribution in [3.05, 3.63) is 41.3 Å². The van der Waals surface area contributed by atoms with Crippen LogP contribution in [0.4, 0.5) is 11.4 Å². The molecule has 0 saturated heterocycles. The van der Waals surface area contributed by atoms with Crippen molar-refractivity contribution in [1.82, 2.24) is 0 Å². The van der Waals surface area contributed by atoms with Crippen LogP contribution in [-0.4, -0.2) is 24.9 Å². The maximum Gasteiger partial charge on any atom is 0.339 e. The molecule has 1 atom stereocenters. The van der Waals surface area contributed by atoms with E-state index in [0.29, 0.717) is 17.2 Å². The van der Waals surface area contributed by atoms with Crippen molar-refractivity contribution in [3.8, 4) is 5.75 Å². The van der Waals surface area contributed by atoms with Gasteiger partial charge in [0.05, 0.1) is 11.4 Å². The second-order valence-electron chi connectivity index (χ2n) is 4.33. The number of benzene rings is 1. The fourth-order valence-electron chi connectivity index (χ4n) is 1.96. The normalized spacial score (nSPS) is 12.1. The highest BCUT2D eigenvalue weighted by molar-refractivity contribution is 7.81. The monoisotopic (exact) mass is 311 g/mol. The van der Waals surface area contributed by atoms with E-state index in [1.807, 2.05) is 0 Å². The van der Waals surface area contributed by atoms with E-state index < -0.39 is 23.0 Å². The maximum absolute atomic E-state index is 11.6. The summed E-state index contributed by atoms with van der Waals surface area (Å²) < 4.78 is 27.4. The zero-order chi connectivity index (χ0) is 15.7. The van der Waals surface area contributed by atoms with E-state index in [0.717, 1.165) is 16.4 Å². The van der Waals surface area contributed by atoms with Gasteiger partial charge in [0, 0.05) is 12.1 Å². The van der Waals surface area contributed by atoms with Crippen molar-refractivity contribution in [2.75, 3.05) is 4.31 Å². The van der Waals surface area contributed by atoms with Crippen LogP contribution in [0, 0.1) is 13.8 Å². The first-order valence-electron chi connectivity index (χ1n) is 5.85. The lowest BCUT2D eigenvalue weighted by Crippen LogP contribution is -2.19. The fraction of sp³-hybridized carbons (Fsp3) is 0.154. The van der Waals surface area contributed by atoms with Crippen molar-refractivity contribution in [3.63, 3.8) is 0 Å². The smallest absolute Gasteiger partial charge is 0.339 e. The summed E-state index contributed by atoms with van der Waals surface area (Å²) in [5, 5.41) is 18.6. The topological polar surface area (TPSA) is 111 Å². The highest BCUT2D eigenvalue weighted by atomic mass is 32.2. The molecule has 0 bridgehead atoms. The minimum Gasteiger partial charge on any atom is -0.507 e. The van der Waals surface area contributed by atoms with Gasteiger partial charge in [-0.25, -0.2) is 13.3 Å². The third-order valence-corrected chi connectivity index (χ3v) is 3.56. The summed E-state index contributed by atoms with van der Waals surface area (Å²) in [6, 6.07) is 5.18. The maximum atomic E-state index is 11.6. The summed E-state index contributed by atoms with van der Waals surface area (Å²) >= 11 is -2.41. The molecule has 3 N–H and O–H groups in total. The first-order chi connectivity index (χ1) is 9.81. The van der Waals surface area contributed by atoms with Crippen LogP contribution in [0.2, 0.25) is 0 Å². The number of aryl methyl sites for hydroxylation is 2. The molecule has 0 radical (unpaired) electrons. The number of aromatic carboxylic acids is 1. The van der Waals surface area contributed by atoms with E-state index >= 15 is 0 Å². The van der Waals surface area contributed by atoms with Crippen molar-refractivity contribution in [1.29, 1.82) is 0 Å². The van der Waals surface area contributed by atoms with Gasteiger partial charge in [-0.2, -0.15) is 0 Å². The molecule has 21 heavy (non-hydrogen) atoms. The summed E-state index contributed by atoms with van der Waals surface area (Å²) in [4.78, 5) is 10.9. The Morgan fingerprint density at radius 2 is 1.95 bits per heavy atom. The minimum atomic E-state index is -2.41. The van der Waals surface area contributed by atoms with Crippen LogP contribution in [0.15, 0.2) is 28.7 Å². The first kappa shape index (κ1) is 15.1. The number of hydrogen-bond donors (Lipinski definition) is 3. The number of anilines is 2. The molecule has 0 amide bonds. The van der Waals surface area contributed by atoms with Crippen molar-refractivity contribution in [2.24, 2.45) is 0 Å². The Hall–Kier alpha value is -2.32. The lowest BCUT2D eigenvalue weighted by molar-refractivity contribution is 0.0694. The van der Waals surface area contributed by atoms with Crippen LogP contribution in [0.1, 0.15) is 21.9 Å². The van der Waals surface area contributed by atoms with Gasteiger partial charge >= 0.3 is 5.97 Å². The fourth-order valence-corrected chi connectivity index (χ4v) is 2.60. The standard InChI is InChI=1S/C13H13NO6S/c1-7-5-11(8(2)20-7)14(21(18)19)9-3-4-10(13(16)17)12(15)6-9/h3-6,15H,1-2H3,(H,16,17)(H,18,19). The van der Waals surface area contributed by atoms with Crippen LogP contribution < -0.4 is 4.31 Å². The van der Waals surface area contributed by atoms with Crippen molar-refractivity contribution in [2.45, 2.75) is 13.8 Å². The second kappa shape index (κ2) is 5.58. The zero-order valence-corrected chi connectivity index (χ0v) is 12.0. The molecule has 1 unspecified atom stereocenters. The Balaban J connectivity index is 2.54. The zero-order valence-electron chi connectivity index (χ0n) is 11.2. The van der Waals surface area contributed by atoms with Gasteiger partial charge in [-0.1, -0.05) is 0 Å². The Labute approximate surface area is 122 Å². The molecule has 112 valence electrons. The van der Waals surface area contributed by atoms with Gasteiger partial charge in [-0.3, -0.25) is 4.55 Å². The number of carbonyl (C=O) groups is 1. The molecule has 0 fully saturated rings. The predicted octanol–water partition coefficient (Wildman–Crippen LogP) is 2.58. The summed E-state index contributed by atoms with van der Waals surface area (Å²) in [5.41, 5.74) is 0.237. The molecule has 1 aromatic carbocycles. The number of carboxylic acids is 1. The summed E-state index contributed by atoms with van der Waals surface area (Å²) in [6.07, 6.45) is 0. The van der Waals surface area contributed by atoms with Crippen LogP contribution in [-0.2, 0) is 11.3 Å². The van der Waals surface area contributed by atoms with E-state index in [2.05, 4.69) is 0 Å².